The number of carbonyl (C=O) groups excluding carboxylic acids is 1. The van der Waals surface area contributed by atoms with Gasteiger partial charge in [0.2, 0.25) is 0 Å². The van der Waals surface area contributed by atoms with Crippen LogP contribution in [0, 0.1) is 0 Å². The van der Waals surface area contributed by atoms with Gasteiger partial charge >= 0.3 is 5.97 Å². The van der Waals surface area contributed by atoms with Crippen molar-refractivity contribution in [2.24, 2.45) is 0 Å². The average Bonchev–Trinajstić information content (AvgIpc) is 2.72. The summed E-state index contributed by atoms with van der Waals surface area (Å²) in [7, 11) is 3.26. The molecular formula is C12H18BrNO3S. The van der Waals surface area contributed by atoms with Gasteiger partial charge in [-0.05, 0) is 35.5 Å². The molecular weight excluding hydrogens is 318 g/mol. The Balaban J connectivity index is 2.24. The molecule has 0 aromatic carbocycles. The molecule has 0 amide bonds. The lowest BCUT2D eigenvalue weighted by atomic mass is 10.2. The lowest BCUT2D eigenvalue weighted by molar-refractivity contribution is -0.143. The summed E-state index contributed by atoms with van der Waals surface area (Å²) < 4.78 is 5.62. The fraction of sp³-hybridized carbons (Fsp3) is 0.583. The minimum Gasteiger partial charge on any atom is -0.469 e. The summed E-state index contributed by atoms with van der Waals surface area (Å²) in [6.07, 6.45) is 0.320. The zero-order valence-corrected chi connectivity index (χ0v) is 13.0. The van der Waals surface area contributed by atoms with Crippen molar-refractivity contribution in [3.63, 3.8) is 0 Å². The van der Waals surface area contributed by atoms with E-state index in [2.05, 4.69) is 32.1 Å². The van der Waals surface area contributed by atoms with Gasteiger partial charge < -0.3 is 14.7 Å². The quantitative estimate of drug-likeness (QED) is 0.773. The lowest BCUT2D eigenvalue weighted by Gasteiger charge is -2.19. The number of hydrogen-bond acceptors (Lipinski definition) is 5. The fourth-order valence-electron chi connectivity index (χ4n) is 1.58. The first-order valence-corrected chi connectivity index (χ1v) is 7.35. The molecule has 0 aliphatic rings. The van der Waals surface area contributed by atoms with E-state index in [1.165, 1.54) is 12.0 Å². The number of ether oxygens (including phenoxy) is 1. The Morgan fingerprint density at radius 3 is 2.94 bits per heavy atom. The van der Waals surface area contributed by atoms with Gasteiger partial charge in [-0.25, -0.2) is 0 Å². The third-order valence-corrected chi connectivity index (χ3v) is 4.27. The Labute approximate surface area is 120 Å². The number of aliphatic hydroxyl groups is 1. The van der Waals surface area contributed by atoms with E-state index in [4.69, 9.17) is 0 Å². The Morgan fingerprint density at radius 2 is 2.39 bits per heavy atom. The van der Waals surface area contributed by atoms with E-state index >= 15 is 0 Å². The van der Waals surface area contributed by atoms with Gasteiger partial charge in [0, 0.05) is 27.8 Å². The van der Waals surface area contributed by atoms with Crippen LogP contribution < -0.4 is 0 Å². The van der Waals surface area contributed by atoms with Crippen molar-refractivity contribution >= 4 is 33.2 Å². The van der Waals surface area contributed by atoms with Crippen molar-refractivity contribution in [1.82, 2.24) is 4.90 Å². The van der Waals surface area contributed by atoms with Crippen LogP contribution >= 0.6 is 27.3 Å². The number of carbonyl (C=O) groups is 1. The molecule has 0 aliphatic carbocycles. The highest BCUT2D eigenvalue weighted by Crippen LogP contribution is 2.20. The van der Waals surface area contributed by atoms with E-state index in [0.29, 0.717) is 6.54 Å². The summed E-state index contributed by atoms with van der Waals surface area (Å²) in [5.74, 6) is -0.377. The van der Waals surface area contributed by atoms with E-state index in [0.717, 1.165) is 17.4 Å². The number of esters is 1. The zero-order valence-electron chi connectivity index (χ0n) is 10.6. The number of rotatable bonds is 7. The van der Waals surface area contributed by atoms with Crippen LogP contribution in [0.25, 0.3) is 0 Å². The van der Waals surface area contributed by atoms with Crippen molar-refractivity contribution in [2.45, 2.75) is 18.9 Å². The van der Waals surface area contributed by atoms with Crippen LogP contribution in [0.2, 0.25) is 0 Å². The number of hydrogen-bond donors (Lipinski definition) is 1. The molecule has 1 aromatic rings. The van der Waals surface area contributed by atoms with Crippen LogP contribution in [0.3, 0.4) is 0 Å². The predicted octanol–water partition coefficient (Wildman–Crippen LogP) is 1.91. The van der Waals surface area contributed by atoms with Gasteiger partial charge in [-0.2, -0.15) is 0 Å². The highest BCUT2D eigenvalue weighted by atomic mass is 79.9. The smallest absolute Gasteiger partial charge is 0.308 e. The molecule has 18 heavy (non-hydrogen) atoms. The minimum atomic E-state index is -0.669. The standard InChI is InChI=1S/C12H18BrNO3S/c1-14(7-10(15)6-12(16)17-2)4-3-11-5-9(13)8-18-11/h5,8,10,15H,3-4,6-7H2,1-2H3. The Morgan fingerprint density at radius 1 is 1.67 bits per heavy atom. The Kier molecular flexibility index (Phi) is 6.85. The van der Waals surface area contributed by atoms with Gasteiger partial charge in [-0.1, -0.05) is 0 Å². The van der Waals surface area contributed by atoms with Crippen molar-refractivity contribution in [2.75, 3.05) is 27.2 Å². The summed E-state index contributed by atoms with van der Waals surface area (Å²) in [4.78, 5) is 14.3. The number of aliphatic hydroxyl groups excluding tert-OH is 1. The van der Waals surface area contributed by atoms with Crippen molar-refractivity contribution in [3.05, 3.63) is 20.8 Å². The van der Waals surface area contributed by atoms with Crippen LogP contribution in [0.15, 0.2) is 15.9 Å². The molecule has 0 saturated heterocycles. The number of likely N-dealkylation sites (N-methyl/N-ethyl adjacent to an activating group) is 1. The van der Waals surface area contributed by atoms with Crippen molar-refractivity contribution < 1.29 is 14.6 Å². The zero-order chi connectivity index (χ0) is 13.5. The number of thiophene rings is 1. The maximum atomic E-state index is 11.0. The second kappa shape index (κ2) is 7.89. The molecule has 1 atom stereocenters. The first-order chi connectivity index (χ1) is 8.51. The highest BCUT2D eigenvalue weighted by Gasteiger charge is 2.13. The Hall–Kier alpha value is -0.430. The topological polar surface area (TPSA) is 49.8 Å². The molecule has 0 aliphatic heterocycles. The molecule has 6 heteroatoms. The second-order valence-corrected chi connectivity index (χ2v) is 6.09. The molecule has 1 N–H and O–H groups in total. The summed E-state index contributed by atoms with van der Waals surface area (Å²) in [6, 6.07) is 2.10. The van der Waals surface area contributed by atoms with Gasteiger partial charge in [0.15, 0.2) is 0 Å². The fourth-order valence-corrected chi connectivity index (χ4v) is 3.02. The maximum Gasteiger partial charge on any atom is 0.308 e. The van der Waals surface area contributed by atoms with E-state index < -0.39 is 6.10 Å². The molecule has 1 rings (SSSR count). The molecule has 4 nitrogen and oxygen atoms in total. The predicted molar refractivity (Wildman–Crippen MR) is 75.9 cm³/mol. The van der Waals surface area contributed by atoms with E-state index in [1.807, 2.05) is 11.9 Å². The minimum absolute atomic E-state index is 0.0470. The molecule has 1 aromatic heterocycles. The van der Waals surface area contributed by atoms with E-state index in [9.17, 15) is 9.90 Å². The van der Waals surface area contributed by atoms with Gasteiger partial charge in [-0.15, -0.1) is 11.3 Å². The number of methoxy groups -OCH3 is 1. The third-order valence-electron chi connectivity index (χ3n) is 2.51. The van der Waals surface area contributed by atoms with Gasteiger partial charge in [0.25, 0.3) is 0 Å². The second-order valence-electron chi connectivity index (χ2n) is 4.18. The normalized spacial score (nSPS) is 12.7. The molecule has 0 radical (unpaired) electrons. The highest BCUT2D eigenvalue weighted by molar-refractivity contribution is 9.10. The number of halogens is 1. The van der Waals surface area contributed by atoms with E-state index in [1.54, 1.807) is 11.3 Å². The molecule has 102 valence electrons. The monoisotopic (exact) mass is 335 g/mol. The van der Waals surface area contributed by atoms with Crippen LogP contribution in [0.1, 0.15) is 11.3 Å². The van der Waals surface area contributed by atoms with Crippen molar-refractivity contribution in [3.8, 4) is 0 Å². The molecule has 0 fully saturated rings. The SMILES string of the molecule is COC(=O)CC(O)CN(C)CCc1cc(Br)cs1. The summed E-state index contributed by atoms with van der Waals surface area (Å²) in [6.45, 7) is 1.33. The van der Waals surface area contributed by atoms with Crippen molar-refractivity contribution in [1.29, 1.82) is 0 Å². The van der Waals surface area contributed by atoms with Crippen LogP contribution in [0.4, 0.5) is 0 Å². The molecule has 0 saturated carbocycles. The largest absolute Gasteiger partial charge is 0.469 e. The summed E-state index contributed by atoms with van der Waals surface area (Å²) in [5.41, 5.74) is 0. The molecule has 0 bridgehead atoms. The molecule has 1 heterocycles. The molecule has 0 spiro atoms. The maximum absolute atomic E-state index is 11.0. The van der Waals surface area contributed by atoms with Crippen LogP contribution in [-0.2, 0) is 16.0 Å². The van der Waals surface area contributed by atoms with E-state index in [-0.39, 0.29) is 12.4 Å². The van der Waals surface area contributed by atoms with Crippen LogP contribution in [-0.4, -0.2) is 49.3 Å². The van der Waals surface area contributed by atoms with Crippen LogP contribution in [0.5, 0.6) is 0 Å². The number of nitrogens with zero attached hydrogens (tertiary/aromatic N) is 1. The summed E-state index contributed by atoms with van der Waals surface area (Å²) in [5, 5.41) is 11.7. The lowest BCUT2D eigenvalue weighted by Crippen LogP contribution is -2.32. The summed E-state index contributed by atoms with van der Waals surface area (Å²) >= 11 is 5.13. The molecule has 1 unspecified atom stereocenters. The van der Waals surface area contributed by atoms with Gasteiger partial charge in [-0.3, -0.25) is 4.79 Å². The Bertz CT molecular complexity index is 383. The average molecular weight is 336 g/mol. The first-order valence-electron chi connectivity index (χ1n) is 5.67. The third kappa shape index (κ3) is 5.95. The van der Waals surface area contributed by atoms with Gasteiger partial charge in [0.05, 0.1) is 19.6 Å². The first kappa shape index (κ1) is 15.6. The van der Waals surface area contributed by atoms with Gasteiger partial charge in [0.1, 0.15) is 0 Å².